The van der Waals surface area contributed by atoms with E-state index >= 15 is 0 Å². The number of hydrogen-bond acceptors (Lipinski definition) is 4. The first kappa shape index (κ1) is 17.3. The van der Waals surface area contributed by atoms with Crippen molar-refractivity contribution in [2.24, 2.45) is 0 Å². The highest BCUT2D eigenvalue weighted by atomic mass is 35.5. The molecule has 3 N–H and O–H groups in total. The zero-order chi connectivity index (χ0) is 13.2. The number of rotatable bonds is 3. The lowest BCUT2D eigenvalue weighted by molar-refractivity contribution is -0.113. The van der Waals surface area contributed by atoms with Crippen LogP contribution in [0.2, 0.25) is 10.0 Å². The molecule has 0 bridgehead atoms. The van der Waals surface area contributed by atoms with E-state index in [1.807, 2.05) is 0 Å². The van der Waals surface area contributed by atoms with Gasteiger partial charge in [0.25, 0.3) is 0 Å². The van der Waals surface area contributed by atoms with Crippen molar-refractivity contribution in [2.45, 2.75) is 0 Å². The summed E-state index contributed by atoms with van der Waals surface area (Å²) >= 11 is 11.6. The van der Waals surface area contributed by atoms with Gasteiger partial charge in [0.05, 0.1) is 15.7 Å². The third-order valence-corrected chi connectivity index (χ3v) is 3.10. The fourth-order valence-corrected chi connectivity index (χ4v) is 2.27. The van der Waals surface area contributed by atoms with E-state index < -0.39 is 21.5 Å². The summed E-state index contributed by atoms with van der Waals surface area (Å²) < 4.78 is 21.8. The Balaban J connectivity index is 0.00000289. The largest absolute Gasteiger partial charge is 0.399 e. The molecule has 5 nitrogen and oxygen atoms in total. The average molecular weight is 334 g/mol. The number of carbonyl (C=O) groups is 1. The highest BCUT2D eigenvalue weighted by Crippen LogP contribution is 2.32. The minimum absolute atomic E-state index is 0. The first-order chi connectivity index (χ1) is 7.69. The predicted molar refractivity (Wildman–Crippen MR) is 76.5 cm³/mol. The second kappa shape index (κ2) is 6.47. The van der Waals surface area contributed by atoms with Crippen LogP contribution in [0.15, 0.2) is 12.1 Å². The Morgan fingerprint density at radius 1 is 1.33 bits per heavy atom. The zero-order valence-corrected chi connectivity index (χ0v) is 12.4. The molecular weight excluding hydrogens is 323 g/mol. The molecule has 0 atom stereocenters. The van der Waals surface area contributed by atoms with E-state index in [4.69, 9.17) is 28.9 Å². The van der Waals surface area contributed by atoms with Crippen LogP contribution in [0, 0.1) is 0 Å². The van der Waals surface area contributed by atoms with E-state index in [0.717, 1.165) is 6.26 Å². The summed E-state index contributed by atoms with van der Waals surface area (Å²) in [6.45, 7) is 0. The van der Waals surface area contributed by atoms with E-state index in [-0.39, 0.29) is 28.1 Å². The van der Waals surface area contributed by atoms with Crippen LogP contribution in [0.3, 0.4) is 0 Å². The number of amides is 1. The zero-order valence-electron chi connectivity index (χ0n) is 9.24. The molecule has 1 aromatic rings. The summed E-state index contributed by atoms with van der Waals surface area (Å²) in [5.41, 5.74) is 5.98. The van der Waals surface area contributed by atoms with Crippen LogP contribution in [-0.4, -0.2) is 26.3 Å². The van der Waals surface area contributed by atoms with Crippen molar-refractivity contribution in [1.82, 2.24) is 0 Å². The maximum Gasteiger partial charge on any atom is 0.239 e. The van der Waals surface area contributed by atoms with Crippen molar-refractivity contribution in [3.05, 3.63) is 22.2 Å². The lowest BCUT2D eigenvalue weighted by Crippen LogP contribution is -2.22. The van der Waals surface area contributed by atoms with Gasteiger partial charge in [0.1, 0.15) is 5.75 Å². The van der Waals surface area contributed by atoms with Gasteiger partial charge >= 0.3 is 0 Å². The monoisotopic (exact) mass is 332 g/mol. The molecule has 9 heteroatoms. The Bertz CT molecular complexity index is 537. The molecule has 0 aliphatic heterocycles. The molecule has 0 unspecified atom stereocenters. The molecule has 1 amide bonds. The summed E-state index contributed by atoms with van der Waals surface area (Å²) in [6, 6.07) is 2.81. The van der Waals surface area contributed by atoms with E-state index in [9.17, 15) is 13.2 Å². The number of carbonyl (C=O) groups excluding carboxylic acids is 1. The summed E-state index contributed by atoms with van der Waals surface area (Å²) in [5.74, 6) is -1.34. The molecule has 1 aromatic carbocycles. The molecule has 0 fully saturated rings. The van der Waals surface area contributed by atoms with Gasteiger partial charge in [-0.05, 0) is 12.1 Å². The third kappa shape index (κ3) is 5.30. The van der Waals surface area contributed by atoms with E-state index in [0.29, 0.717) is 5.69 Å². The SMILES string of the molecule is CS(=O)(=O)CC(=O)Nc1c(Cl)cc(N)cc1Cl.Cl. The van der Waals surface area contributed by atoms with Crippen molar-refractivity contribution >= 4 is 62.7 Å². The summed E-state index contributed by atoms with van der Waals surface area (Å²) in [5, 5.41) is 2.62. The highest BCUT2D eigenvalue weighted by molar-refractivity contribution is 7.91. The van der Waals surface area contributed by atoms with Gasteiger partial charge in [0.2, 0.25) is 5.91 Å². The molecule has 0 aliphatic rings. The van der Waals surface area contributed by atoms with Crippen LogP contribution in [0.1, 0.15) is 0 Å². The van der Waals surface area contributed by atoms with E-state index in [1.54, 1.807) is 0 Å². The Morgan fingerprint density at radius 2 is 1.78 bits per heavy atom. The van der Waals surface area contributed by atoms with Crippen LogP contribution in [-0.2, 0) is 14.6 Å². The first-order valence-corrected chi connectivity index (χ1v) is 7.23. The number of hydrogen-bond donors (Lipinski definition) is 2. The Morgan fingerprint density at radius 3 is 2.17 bits per heavy atom. The number of nitrogens with one attached hydrogen (secondary N) is 1. The number of sulfone groups is 1. The van der Waals surface area contributed by atoms with Crippen molar-refractivity contribution in [1.29, 1.82) is 0 Å². The summed E-state index contributed by atoms with van der Waals surface area (Å²) in [6.07, 6.45) is 0.957. The van der Waals surface area contributed by atoms with Crippen LogP contribution >= 0.6 is 35.6 Å². The standard InChI is InChI=1S/C9H10Cl2N2O3S.ClH/c1-17(15,16)4-8(14)13-9-6(10)2-5(12)3-7(9)11;/h2-3H,4,12H2,1H3,(H,13,14);1H. The second-order valence-electron chi connectivity index (χ2n) is 3.48. The van der Waals surface area contributed by atoms with Gasteiger partial charge in [0.15, 0.2) is 9.84 Å². The molecule has 0 heterocycles. The van der Waals surface area contributed by atoms with Crippen molar-refractivity contribution in [2.75, 3.05) is 23.1 Å². The highest BCUT2D eigenvalue weighted by Gasteiger charge is 2.14. The van der Waals surface area contributed by atoms with Gasteiger partial charge < -0.3 is 11.1 Å². The van der Waals surface area contributed by atoms with Gasteiger partial charge in [0, 0.05) is 11.9 Å². The molecule has 102 valence electrons. The Kier molecular flexibility index (Phi) is 6.22. The molecular formula is C9H11Cl3N2O3S. The van der Waals surface area contributed by atoms with Crippen LogP contribution in [0.25, 0.3) is 0 Å². The minimum atomic E-state index is -3.40. The maximum absolute atomic E-state index is 11.4. The van der Waals surface area contributed by atoms with Gasteiger partial charge in [-0.15, -0.1) is 12.4 Å². The van der Waals surface area contributed by atoms with E-state index in [1.165, 1.54) is 12.1 Å². The van der Waals surface area contributed by atoms with Gasteiger partial charge in [-0.1, -0.05) is 23.2 Å². The lowest BCUT2D eigenvalue weighted by Gasteiger charge is -2.09. The molecule has 0 saturated heterocycles. The minimum Gasteiger partial charge on any atom is -0.399 e. The fraction of sp³-hybridized carbons (Fsp3) is 0.222. The summed E-state index contributed by atoms with van der Waals surface area (Å²) in [4.78, 5) is 11.4. The summed E-state index contributed by atoms with van der Waals surface area (Å²) in [7, 11) is -3.40. The van der Waals surface area contributed by atoms with Gasteiger partial charge in [-0.3, -0.25) is 4.79 Å². The normalized spacial score (nSPS) is 10.6. The number of nitrogens with two attached hydrogens (primary N) is 1. The molecule has 18 heavy (non-hydrogen) atoms. The number of anilines is 2. The fourth-order valence-electron chi connectivity index (χ4n) is 1.13. The van der Waals surface area contributed by atoms with Crippen molar-refractivity contribution in [3.63, 3.8) is 0 Å². The first-order valence-electron chi connectivity index (χ1n) is 4.41. The van der Waals surface area contributed by atoms with Crippen molar-refractivity contribution in [3.8, 4) is 0 Å². The van der Waals surface area contributed by atoms with Gasteiger partial charge in [-0.25, -0.2) is 8.42 Å². The van der Waals surface area contributed by atoms with E-state index in [2.05, 4.69) is 5.32 Å². The molecule has 0 radical (unpaired) electrons. The number of halogens is 3. The molecule has 0 saturated carbocycles. The van der Waals surface area contributed by atoms with Crippen LogP contribution in [0.5, 0.6) is 0 Å². The average Bonchev–Trinajstić information content (AvgIpc) is 2.08. The van der Waals surface area contributed by atoms with Gasteiger partial charge in [-0.2, -0.15) is 0 Å². The topological polar surface area (TPSA) is 89.3 Å². The quantitative estimate of drug-likeness (QED) is 0.828. The van der Waals surface area contributed by atoms with Crippen LogP contribution < -0.4 is 11.1 Å². The predicted octanol–water partition coefficient (Wildman–Crippen LogP) is 1.98. The third-order valence-electron chi connectivity index (χ3n) is 1.72. The number of benzene rings is 1. The second-order valence-corrected chi connectivity index (χ2v) is 6.43. The Hall–Kier alpha value is -0.690. The molecule has 0 spiro atoms. The number of nitrogen functional groups attached to an aromatic ring is 1. The van der Waals surface area contributed by atoms with Crippen molar-refractivity contribution < 1.29 is 13.2 Å². The smallest absolute Gasteiger partial charge is 0.239 e. The lowest BCUT2D eigenvalue weighted by atomic mass is 10.3. The van der Waals surface area contributed by atoms with Crippen LogP contribution in [0.4, 0.5) is 11.4 Å². The molecule has 0 aromatic heterocycles. The Labute approximate surface area is 121 Å². The maximum atomic E-state index is 11.4. The molecule has 0 aliphatic carbocycles. The molecule has 1 rings (SSSR count).